The standard InChI is InChI=1S/C8H12FN5O2/c1-13-8(16)14(12-11-13)6-3-5(10)4(9)2-7(6)15/h3-4,11-12,15H,2,10H2,1H3/p-1. The summed E-state index contributed by atoms with van der Waals surface area (Å²) in [6.07, 6.45) is -0.644. The van der Waals surface area contributed by atoms with E-state index in [0.29, 0.717) is 0 Å². The van der Waals surface area contributed by atoms with E-state index in [1.165, 1.54) is 13.1 Å². The molecule has 0 spiro atoms. The van der Waals surface area contributed by atoms with E-state index >= 15 is 0 Å². The number of halogens is 1. The minimum atomic E-state index is -1.47. The molecule has 1 aliphatic heterocycles. The van der Waals surface area contributed by atoms with E-state index in [-0.39, 0.29) is 17.8 Å². The average Bonchev–Trinajstić information content (AvgIpc) is 2.54. The first-order valence-corrected chi connectivity index (χ1v) is 4.61. The summed E-state index contributed by atoms with van der Waals surface area (Å²) in [5, 5.41) is 13.7. The lowest BCUT2D eigenvalue weighted by Gasteiger charge is -2.28. The molecular formula is C8H11FN5O2-. The van der Waals surface area contributed by atoms with Gasteiger partial charge in [0.05, 0.1) is 5.70 Å². The molecule has 88 valence electrons. The van der Waals surface area contributed by atoms with Gasteiger partial charge in [0.15, 0.2) is 0 Å². The van der Waals surface area contributed by atoms with Crippen molar-refractivity contribution in [2.24, 2.45) is 5.73 Å². The molecule has 0 aromatic heterocycles. The topological polar surface area (TPSA) is 96.7 Å². The smallest absolute Gasteiger partial charge is 0.355 e. The maximum absolute atomic E-state index is 13.1. The molecule has 0 aromatic rings. The molecule has 1 aliphatic carbocycles. The number of hydrazine groups is 3. The number of allylic oxidation sites excluding steroid dienone is 3. The minimum absolute atomic E-state index is 0.0354. The van der Waals surface area contributed by atoms with Gasteiger partial charge in [0.25, 0.3) is 0 Å². The molecule has 1 heterocycles. The number of amides is 2. The predicted octanol–water partition coefficient (Wildman–Crippen LogP) is -1.57. The Labute approximate surface area is 90.9 Å². The zero-order valence-corrected chi connectivity index (χ0v) is 8.53. The monoisotopic (exact) mass is 228 g/mol. The van der Waals surface area contributed by atoms with Crippen LogP contribution in [0.5, 0.6) is 0 Å². The molecule has 2 amide bonds. The molecule has 0 aromatic carbocycles. The van der Waals surface area contributed by atoms with Crippen molar-refractivity contribution in [1.82, 2.24) is 21.1 Å². The van der Waals surface area contributed by atoms with Crippen molar-refractivity contribution in [1.29, 1.82) is 0 Å². The molecule has 8 heteroatoms. The van der Waals surface area contributed by atoms with Crippen LogP contribution in [-0.2, 0) is 0 Å². The Morgan fingerprint density at radius 2 is 2.31 bits per heavy atom. The molecule has 0 saturated carbocycles. The highest BCUT2D eigenvalue weighted by molar-refractivity contribution is 5.77. The van der Waals surface area contributed by atoms with E-state index in [2.05, 4.69) is 11.1 Å². The molecular weight excluding hydrogens is 217 g/mol. The Morgan fingerprint density at radius 1 is 1.62 bits per heavy atom. The molecule has 1 unspecified atom stereocenters. The van der Waals surface area contributed by atoms with Crippen LogP contribution in [0, 0.1) is 0 Å². The molecule has 2 aliphatic rings. The fourth-order valence-electron chi connectivity index (χ4n) is 1.44. The second-order valence-corrected chi connectivity index (χ2v) is 3.53. The van der Waals surface area contributed by atoms with Crippen molar-refractivity contribution in [3.8, 4) is 0 Å². The van der Waals surface area contributed by atoms with Crippen LogP contribution in [-0.4, -0.2) is 29.3 Å². The summed E-state index contributed by atoms with van der Waals surface area (Å²) in [5.74, 6) is -0.473. The third kappa shape index (κ3) is 1.57. The fourth-order valence-corrected chi connectivity index (χ4v) is 1.44. The third-order valence-corrected chi connectivity index (χ3v) is 2.36. The van der Waals surface area contributed by atoms with Gasteiger partial charge in [0.2, 0.25) is 0 Å². The highest BCUT2D eigenvalue weighted by atomic mass is 19.1. The predicted molar refractivity (Wildman–Crippen MR) is 50.1 cm³/mol. The lowest BCUT2D eigenvalue weighted by molar-refractivity contribution is -0.311. The molecule has 1 atom stereocenters. The Bertz CT molecular complexity index is 394. The van der Waals surface area contributed by atoms with Crippen LogP contribution in [0.4, 0.5) is 9.18 Å². The largest absolute Gasteiger partial charge is 0.874 e. The Kier molecular flexibility index (Phi) is 2.44. The summed E-state index contributed by atoms with van der Waals surface area (Å²) < 4.78 is 13.1. The molecule has 2 rings (SSSR count). The Balaban J connectivity index is 2.28. The summed E-state index contributed by atoms with van der Waals surface area (Å²) >= 11 is 0. The first-order chi connectivity index (χ1) is 7.50. The summed E-state index contributed by atoms with van der Waals surface area (Å²) in [6, 6.07) is -0.468. The maximum atomic E-state index is 13.1. The van der Waals surface area contributed by atoms with Crippen LogP contribution in [0.1, 0.15) is 6.42 Å². The van der Waals surface area contributed by atoms with Gasteiger partial charge in [-0.25, -0.2) is 19.2 Å². The lowest BCUT2D eigenvalue weighted by atomic mass is 10.1. The number of nitrogens with two attached hydrogens (primary N) is 1. The molecule has 1 fully saturated rings. The highest BCUT2D eigenvalue weighted by Gasteiger charge is 2.30. The van der Waals surface area contributed by atoms with E-state index in [1.54, 1.807) is 0 Å². The molecule has 0 radical (unpaired) electrons. The van der Waals surface area contributed by atoms with E-state index in [0.717, 1.165) is 10.0 Å². The van der Waals surface area contributed by atoms with E-state index in [4.69, 9.17) is 5.73 Å². The molecule has 7 nitrogen and oxygen atoms in total. The summed E-state index contributed by atoms with van der Waals surface area (Å²) in [7, 11) is 1.48. The summed E-state index contributed by atoms with van der Waals surface area (Å²) in [4.78, 5) is 11.5. The van der Waals surface area contributed by atoms with E-state index < -0.39 is 18.0 Å². The van der Waals surface area contributed by atoms with Gasteiger partial charge in [-0.1, -0.05) is 0 Å². The normalized spacial score (nSPS) is 26.5. The number of urea groups is 1. The minimum Gasteiger partial charge on any atom is -0.874 e. The zero-order valence-electron chi connectivity index (χ0n) is 8.53. The number of hydrogen-bond donors (Lipinski definition) is 3. The number of carbonyl (C=O) groups is 1. The van der Waals surface area contributed by atoms with E-state index in [1.807, 2.05) is 0 Å². The highest BCUT2D eigenvalue weighted by Crippen LogP contribution is 2.23. The third-order valence-electron chi connectivity index (χ3n) is 2.36. The molecule has 16 heavy (non-hydrogen) atoms. The van der Waals surface area contributed by atoms with Crippen molar-refractivity contribution >= 4 is 6.03 Å². The van der Waals surface area contributed by atoms with Crippen LogP contribution in [0.3, 0.4) is 0 Å². The van der Waals surface area contributed by atoms with Crippen molar-refractivity contribution in [3.05, 3.63) is 23.2 Å². The van der Waals surface area contributed by atoms with Crippen molar-refractivity contribution < 1.29 is 14.3 Å². The first-order valence-electron chi connectivity index (χ1n) is 4.61. The van der Waals surface area contributed by atoms with Gasteiger partial charge in [-0.05, 0) is 12.5 Å². The van der Waals surface area contributed by atoms with Crippen molar-refractivity contribution in [2.45, 2.75) is 12.6 Å². The van der Waals surface area contributed by atoms with Crippen molar-refractivity contribution in [2.75, 3.05) is 7.05 Å². The van der Waals surface area contributed by atoms with Gasteiger partial charge in [0, 0.05) is 12.7 Å². The van der Waals surface area contributed by atoms with Gasteiger partial charge in [-0.3, -0.25) is 0 Å². The first kappa shape index (κ1) is 10.7. The molecule has 0 bridgehead atoms. The molecule has 1 saturated heterocycles. The number of carbonyl (C=O) groups excluding carboxylic acids is 1. The quantitative estimate of drug-likeness (QED) is 0.504. The Morgan fingerprint density at radius 3 is 2.88 bits per heavy atom. The van der Waals surface area contributed by atoms with Crippen LogP contribution in [0.2, 0.25) is 0 Å². The lowest BCUT2D eigenvalue weighted by Crippen LogP contribution is -2.40. The van der Waals surface area contributed by atoms with Crippen molar-refractivity contribution in [3.63, 3.8) is 0 Å². The fraction of sp³-hybridized carbons (Fsp3) is 0.375. The van der Waals surface area contributed by atoms with Gasteiger partial charge < -0.3 is 10.8 Å². The van der Waals surface area contributed by atoms with Gasteiger partial charge in [-0.15, -0.1) is 16.8 Å². The number of rotatable bonds is 1. The van der Waals surface area contributed by atoms with Crippen LogP contribution >= 0.6 is 0 Å². The summed E-state index contributed by atoms with van der Waals surface area (Å²) in [6.45, 7) is 0. The number of nitrogens with zero attached hydrogens (tertiary/aromatic N) is 2. The van der Waals surface area contributed by atoms with Gasteiger partial charge >= 0.3 is 6.03 Å². The van der Waals surface area contributed by atoms with Gasteiger partial charge in [0.1, 0.15) is 6.17 Å². The van der Waals surface area contributed by atoms with Crippen LogP contribution in [0.15, 0.2) is 23.2 Å². The zero-order chi connectivity index (χ0) is 11.9. The second-order valence-electron chi connectivity index (χ2n) is 3.53. The number of nitrogens with one attached hydrogen (secondary N) is 2. The van der Waals surface area contributed by atoms with Crippen LogP contribution in [0.25, 0.3) is 0 Å². The molecule has 4 N–H and O–H groups in total. The SMILES string of the molecule is CN1NNN(C2=C([O-])CC(F)C(N)=C2)C1=O. The van der Waals surface area contributed by atoms with E-state index in [9.17, 15) is 14.3 Å². The summed E-state index contributed by atoms with van der Waals surface area (Å²) in [5.41, 5.74) is 10.3. The average molecular weight is 228 g/mol. The maximum Gasteiger partial charge on any atom is 0.355 e. The second kappa shape index (κ2) is 3.65. The van der Waals surface area contributed by atoms with Crippen LogP contribution < -0.4 is 21.9 Å². The number of alkyl halides is 1. The van der Waals surface area contributed by atoms with Gasteiger partial charge in [-0.2, -0.15) is 0 Å². The number of hydrogen-bond acceptors (Lipinski definition) is 5. The Hall–Kier alpha value is -1.80.